The molecule has 0 bridgehead atoms. The van der Waals surface area contributed by atoms with Gasteiger partial charge >= 0.3 is 0 Å². The van der Waals surface area contributed by atoms with Gasteiger partial charge in [0.05, 0.1) is 5.92 Å². The number of nitrogens with one attached hydrogen (secondary N) is 1. The number of anilines is 1. The van der Waals surface area contributed by atoms with Crippen molar-refractivity contribution in [3.05, 3.63) is 53.5 Å². The quantitative estimate of drug-likeness (QED) is 0.832. The van der Waals surface area contributed by atoms with Crippen LogP contribution in [-0.2, 0) is 0 Å². The Morgan fingerprint density at radius 3 is 2.85 bits per heavy atom. The molecular formula is C15H14N4O. The maximum atomic E-state index is 5.84. The summed E-state index contributed by atoms with van der Waals surface area (Å²) in [5.74, 6) is 2.87. The van der Waals surface area contributed by atoms with Crippen molar-refractivity contribution in [3.8, 4) is 0 Å². The summed E-state index contributed by atoms with van der Waals surface area (Å²) in [5, 5.41) is 3.32. The molecule has 2 atom stereocenters. The zero-order valence-corrected chi connectivity index (χ0v) is 11.0. The predicted octanol–water partition coefficient (Wildman–Crippen LogP) is 2.57. The molecule has 0 saturated heterocycles. The highest BCUT2D eigenvalue weighted by Crippen LogP contribution is 2.44. The lowest BCUT2D eigenvalue weighted by molar-refractivity contribution is 0.437. The van der Waals surface area contributed by atoms with Crippen LogP contribution in [0, 0.1) is 6.92 Å². The zero-order valence-electron chi connectivity index (χ0n) is 11.0. The highest BCUT2D eigenvalue weighted by molar-refractivity contribution is 6.12. The van der Waals surface area contributed by atoms with E-state index in [1.165, 1.54) is 5.56 Å². The summed E-state index contributed by atoms with van der Waals surface area (Å²) in [6, 6.07) is 11.9. The van der Waals surface area contributed by atoms with Crippen LogP contribution in [0.1, 0.15) is 29.0 Å². The Morgan fingerprint density at radius 2 is 2.05 bits per heavy atom. The molecule has 100 valence electrons. The number of guanidine groups is 1. The van der Waals surface area contributed by atoms with Gasteiger partial charge in [0.2, 0.25) is 5.96 Å². The van der Waals surface area contributed by atoms with E-state index in [0.717, 1.165) is 23.0 Å². The van der Waals surface area contributed by atoms with Crippen LogP contribution >= 0.6 is 0 Å². The lowest BCUT2D eigenvalue weighted by atomic mass is 9.90. The lowest BCUT2D eigenvalue weighted by Crippen LogP contribution is -2.28. The second-order valence-electron chi connectivity index (χ2n) is 5.07. The summed E-state index contributed by atoms with van der Waals surface area (Å²) in [6.45, 7) is 1.93. The average molecular weight is 266 g/mol. The summed E-state index contributed by atoms with van der Waals surface area (Å²) in [6.07, 6.45) is 0. The molecule has 5 heteroatoms. The Balaban J connectivity index is 1.85. The second kappa shape index (κ2) is 3.96. The van der Waals surface area contributed by atoms with Gasteiger partial charge < -0.3 is 15.5 Å². The van der Waals surface area contributed by atoms with Crippen LogP contribution < -0.4 is 11.1 Å². The van der Waals surface area contributed by atoms with Gasteiger partial charge in [-0.3, -0.25) is 0 Å². The fourth-order valence-corrected chi connectivity index (χ4v) is 2.87. The van der Waals surface area contributed by atoms with E-state index in [9.17, 15) is 0 Å². The van der Waals surface area contributed by atoms with Crippen molar-refractivity contribution >= 4 is 17.5 Å². The normalized spacial score (nSPS) is 23.4. The van der Waals surface area contributed by atoms with Crippen LogP contribution in [-0.4, -0.2) is 11.8 Å². The third-order valence-electron chi connectivity index (χ3n) is 3.73. The first kappa shape index (κ1) is 11.3. The Bertz CT molecular complexity index is 744. The smallest absolute Gasteiger partial charge is 0.217 e. The third kappa shape index (κ3) is 1.56. The van der Waals surface area contributed by atoms with Crippen molar-refractivity contribution in [2.75, 3.05) is 5.32 Å². The molecule has 0 saturated carbocycles. The molecule has 2 aliphatic rings. The van der Waals surface area contributed by atoms with Gasteiger partial charge in [0.15, 0.2) is 0 Å². The van der Waals surface area contributed by atoms with Gasteiger partial charge in [-0.15, -0.1) is 0 Å². The Morgan fingerprint density at radius 1 is 1.20 bits per heavy atom. The van der Waals surface area contributed by atoms with Crippen molar-refractivity contribution in [2.45, 2.75) is 18.9 Å². The number of fused-ring (bicyclic) bond motifs is 3. The monoisotopic (exact) mass is 266 g/mol. The molecule has 0 unspecified atom stereocenters. The van der Waals surface area contributed by atoms with Crippen LogP contribution in [0.25, 0.3) is 0 Å². The van der Waals surface area contributed by atoms with Crippen molar-refractivity contribution in [1.29, 1.82) is 0 Å². The Hall–Kier alpha value is -2.56. The molecule has 0 fully saturated rings. The van der Waals surface area contributed by atoms with E-state index >= 15 is 0 Å². The highest BCUT2D eigenvalue weighted by atomic mass is 16.3. The molecule has 0 amide bonds. The van der Waals surface area contributed by atoms with Gasteiger partial charge in [-0.25, -0.2) is 4.99 Å². The first-order valence-electron chi connectivity index (χ1n) is 6.56. The van der Waals surface area contributed by atoms with Crippen molar-refractivity contribution in [1.82, 2.24) is 0 Å². The van der Waals surface area contributed by atoms with E-state index in [1.807, 2.05) is 37.3 Å². The molecule has 1 aromatic heterocycles. The van der Waals surface area contributed by atoms with E-state index in [0.29, 0.717) is 0 Å². The molecular weight excluding hydrogens is 252 g/mol. The summed E-state index contributed by atoms with van der Waals surface area (Å²) >= 11 is 0. The number of furan rings is 1. The molecule has 4 rings (SSSR count). The number of hydrogen-bond donors (Lipinski definition) is 2. The van der Waals surface area contributed by atoms with Crippen LogP contribution in [0.4, 0.5) is 5.69 Å². The van der Waals surface area contributed by atoms with E-state index in [1.54, 1.807) is 0 Å². The maximum absolute atomic E-state index is 5.84. The number of benzene rings is 1. The van der Waals surface area contributed by atoms with Gasteiger partial charge in [-0.1, -0.05) is 18.2 Å². The largest absolute Gasteiger partial charge is 0.464 e. The fraction of sp³-hybridized carbons (Fsp3) is 0.200. The minimum atomic E-state index is -0.160. The van der Waals surface area contributed by atoms with Gasteiger partial charge in [0.25, 0.3) is 0 Å². The predicted molar refractivity (Wildman–Crippen MR) is 78.0 cm³/mol. The molecule has 1 aromatic carbocycles. The minimum Gasteiger partial charge on any atom is -0.464 e. The number of hydrogen-bond acceptors (Lipinski definition) is 5. The Labute approximate surface area is 116 Å². The summed E-state index contributed by atoms with van der Waals surface area (Å²) in [5.41, 5.74) is 8.09. The second-order valence-corrected chi connectivity index (χ2v) is 5.07. The first-order chi connectivity index (χ1) is 9.72. The average Bonchev–Trinajstić information content (AvgIpc) is 3.00. The summed E-state index contributed by atoms with van der Waals surface area (Å²) in [7, 11) is 0. The van der Waals surface area contributed by atoms with E-state index < -0.39 is 0 Å². The summed E-state index contributed by atoms with van der Waals surface area (Å²) < 4.78 is 5.75. The van der Waals surface area contributed by atoms with Crippen LogP contribution in [0.2, 0.25) is 0 Å². The molecule has 20 heavy (non-hydrogen) atoms. The number of nitrogens with zero attached hydrogens (tertiary/aromatic N) is 2. The molecule has 0 radical (unpaired) electrons. The standard InChI is InChI=1S/C15H14N4O/c1-8-6-7-11(20-8)13-12-9-4-2-3-5-10(9)17-14(12)19-15(16)18-13/h2-7,12-13H,1H3,(H3,16,17,18,19)/t12-,13+/m1/s1. The van der Waals surface area contributed by atoms with Gasteiger partial charge in [-0.05, 0) is 30.7 Å². The molecule has 2 aromatic rings. The SMILES string of the molecule is Cc1ccc([C@@H]2N=C(N)N=C3Nc4ccccc4[C@@H]32)o1. The first-order valence-corrected chi connectivity index (χ1v) is 6.56. The maximum Gasteiger partial charge on any atom is 0.217 e. The number of amidine groups is 1. The summed E-state index contributed by atoms with van der Waals surface area (Å²) in [4.78, 5) is 8.81. The number of aliphatic imine (C=N–C) groups is 2. The number of para-hydroxylation sites is 1. The lowest BCUT2D eigenvalue weighted by Gasteiger charge is -2.22. The molecule has 5 nitrogen and oxygen atoms in total. The molecule has 2 aliphatic heterocycles. The van der Waals surface area contributed by atoms with Crippen LogP contribution in [0.5, 0.6) is 0 Å². The van der Waals surface area contributed by atoms with Crippen LogP contribution in [0.3, 0.4) is 0 Å². The zero-order chi connectivity index (χ0) is 13.7. The molecule has 0 aliphatic carbocycles. The van der Waals surface area contributed by atoms with Gasteiger partial charge in [-0.2, -0.15) is 4.99 Å². The topological polar surface area (TPSA) is 75.9 Å². The van der Waals surface area contributed by atoms with Crippen molar-refractivity contribution < 1.29 is 4.42 Å². The van der Waals surface area contributed by atoms with Crippen molar-refractivity contribution in [3.63, 3.8) is 0 Å². The Kier molecular flexibility index (Phi) is 2.24. The van der Waals surface area contributed by atoms with E-state index in [4.69, 9.17) is 10.2 Å². The van der Waals surface area contributed by atoms with E-state index in [2.05, 4.69) is 21.4 Å². The third-order valence-corrected chi connectivity index (χ3v) is 3.73. The number of aryl methyl sites for hydroxylation is 1. The van der Waals surface area contributed by atoms with Gasteiger partial charge in [0, 0.05) is 5.69 Å². The number of nitrogens with two attached hydrogens (primary N) is 1. The highest BCUT2D eigenvalue weighted by Gasteiger charge is 2.39. The van der Waals surface area contributed by atoms with E-state index in [-0.39, 0.29) is 17.9 Å². The minimum absolute atomic E-state index is 0.0454. The molecule has 3 heterocycles. The molecule has 0 spiro atoms. The molecule has 3 N–H and O–H groups in total. The van der Waals surface area contributed by atoms with Gasteiger partial charge in [0.1, 0.15) is 23.4 Å². The van der Waals surface area contributed by atoms with Crippen molar-refractivity contribution in [2.24, 2.45) is 15.7 Å². The fourth-order valence-electron chi connectivity index (χ4n) is 2.87. The number of rotatable bonds is 1. The van der Waals surface area contributed by atoms with Crippen LogP contribution in [0.15, 0.2) is 50.8 Å².